The monoisotopic (exact) mass is 556 g/mol. The molecule has 216 valence electrons. The maximum atomic E-state index is 13.5. The highest BCUT2D eigenvalue weighted by molar-refractivity contribution is 5.90. The van der Waals surface area contributed by atoms with E-state index in [2.05, 4.69) is 34.9 Å². The Morgan fingerprint density at radius 3 is 1.90 bits per heavy atom. The topological polar surface area (TPSA) is 93.7 Å². The third kappa shape index (κ3) is 7.97. The van der Waals surface area contributed by atoms with Crippen LogP contribution in [0.1, 0.15) is 63.6 Å². The molecule has 2 amide bonds. The normalized spacial score (nSPS) is 14.0. The average Bonchev–Trinajstić information content (AvgIpc) is 3.24. The van der Waals surface area contributed by atoms with Crippen LogP contribution in [0.3, 0.4) is 0 Å². The fraction of sp³-hybridized carbons (Fsp3) is 0.382. The van der Waals surface area contributed by atoms with Crippen molar-refractivity contribution >= 4 is 18.0 Å². The minimum Gasteiger partial charge on any atom is -0.458 e. The van der Waals surface area contributed by atoms with E-state index < -0.39 is 35.7 Å². The van der Waals surface area contributed by atoms with E-state index in [0.717, 1.165) is 27.8 Å². The molecule has 2 N–H and O–H groups in total. The average molecular weight is 557 g/mol. The van der Waals surface area contributed by atoms with E-state index in [4.69, 9.17) is 9.47 Å². The zero-order valence-electron chi connectivity index (χ0n) is 24.5. The van der Waals surface area contributed by atoms with Crippen LogP contribution in [0.2, 0.25) is 0 Å². The second-order valence-electron chi connectivity index (χ2n) is 11.9. The van der Waals surface area contributed by atoms with Gasteiger partial charge in [0.1, 0.15) is 24.3 Å². The molecule has 0 fully saturated rings. The Morgan fingerprint density at radius 2 is 1.34 bits per heavy atom. The number of benzene rings is 3. The zero-order chi connectivity index (χ0) is 29.6. The molecule has 0 spiro atoms. The van der Waals surface area contributed by atoms with Gasteiger partial charge in [0.2, 0.25) is 5.91 Å². The fourth-order valence-corrected chi connectivity index (χ4v) is 5.17. The van der Waals surface area contributed by atoms with Crippen molar-refractivity contribution in [2.45, 2.75) is 71.1 Å². The molecule has 3 aromatic rings. The van der Waals surface area contributed by atoms with Crippen LogP contribution in [0.25, 0.3) is 11.1 Å². The molecule has 0 radical (unpaired) electrons. The molecule has 0 aromatic heterocycles. The number of ether oxygens (including phenoxy) is 2. The maximum absolute atomic E-state index is 13.5. The molecule has 0 heterocycles. The van der Waals surface area contributed by atoms with Crippen molar-refractivity contribution in [3.05, 3.63) is 95.6 Å². The number of alkyl carbamates (subject to hydrolysis) is 1. The van der Waals surface area contributed by atoms with E-state index in [0.29, 0.717) is 6.42 Å². The molecule has 3 aromatic carbocycles. The summed E-state index contributed by atoms with van der Waals surface area (Å²) in [5, 5.41) is 5.59. The summed E-state index contributed by atoms with van der Waals surface area (Å²) in [6, 6.07) is 23.8. The van der Waals surface area contributed by atoms with Gasteiger partial charge in [0.25, 0.3) is 0 Å². The van der Waals surface area contributed by atoms with Crippen molar-refractivity contribution in [1.82, 2.24) is 10.6 Å². The lowest BCUT2D eigenvalue weighted by Crippen LogP contribution is -2.53. The van der Waals surface area contributed by atoms with E-state index in [1.165, 1.54) is 0 Å². The lowest BCUT2D eigenvalue weighted by atomic mass is 9.98. The molecule has 1 aliphatic carbocycles. The molecular formula is C34H40N2O5. The summed E-state index contributed by atoms with van der Waals surface area (Å²) in [6.45, 7) is 9.44. The molecular weight excluding hydrogens is 516 g/mol. The molecule has 0 bridgehead atoms. The second kappa shape index (κ2) is 13.0. The Morgan fingerprint density at radius 1 is 0.780 bits per heavy atom. The van der Waals surface area contributed by atoms with E-state index in [1.54, 1.807) is 20.8 Å². The van der Waals surface area contributed by atoms with Crippen LogP contribution in [0.5, 0.6) is 0 Å². The highest BCUT2D eigenvalue weighted by atomic mass is 16.6. The summed E-state index contributed by atoms with van der Waals surface area (Å²) in [7, 11) is 0. The number of carbonyl (C=O) groups excluding carboxylic acids is 3. The highest BCUT2D eigenvalue weighted by Gasteiger charge is 2.32. The van der Waals surface area contributed by atoms with Crippen molar-refractivity contribution in [2.24, 2.45) is 5.92 Å². The molecule has 7 nitrogen and oxygen atoms in total. The van der Waals surface area contributed by atoms with Crippen molar-refractivity contribution in [2.75, 3.05) is 6.61 Å². The van der Waals surface area contributed by atoms with E-state index >= 15 is 0 Å². The van der Waals surface area contributed by atoms with Crippen molar-refractivity contribution in [3.63, 3.8) is 0 Å². The first-order valence-corrected chi connectivity index (χ1v) is 14.2. The van der Waals surface area contributed by atoms with Crippen molar-refractivity contribution in [1.29, 1.82) is 0 Å². The number of hydrogen-bond acceptors (Lipinski definition) is 5. The minimum absolute atomic E-state index is 0.0999. The van der Waals surface area contributed by atoms with Gasteiger partial charge in [-0.1, -0.05) is 92.7 Å². The highest BCUT2D eigenvalue weighted by Crippen LogP contribution is 2.44. The van der Waals surface area contributed by atoms with Crippen LogP contribution in [-0.2, 0) is 25.5 Å². The molecule has 2 atom stereocenters. The third-order valence-electron chi connectivity index (χ3n) is 6.95. The van der Waals surface area contributed by atoms with E-state index in [-0.39, 0.29) is 24.9 Å². The predicted octanol–water partition coefficient (Wildman–Crippen LogP) is 6.01. The summed E-state index contributed by atoms with van der Waals surface area (Å²) in [5.41, 5.74) is 4.65. The van der Waals surface area contributed by atoms with Gasteiger partial charge < -0.3 is 20.1 Å². The van der Waals surface area contributed by atoms with Gasteiger partial charge in [0.15, 0.2) is 0 Å². The Balaban J connectivity index is 1.48. The van der Waals surface area contributed by atoms with Gasteiger partial charge in [-0.15, -0.1) is 0 Å². The smallest absolute Gasteiger partial charge is 0.407 e. The summed E-state index contributed by atoms with van der Waals surface area (Å²) in [4.78, 5) is 39.6. The summed E-state index contributed by atoms with van der Waals surface area (Å²) < 4.78 is 11.3. The summed E-state index contributed by atoms with van der Waals surface area (Å²) >= 11 is 0. The SMILES string of the molecule is CC(C)CC(NC(=O)C(Cc1ccccc1)NC(=O)OCC1c2ccccc2-c2ccccc21)C(=O)OC(C)(C)C. The largest absolute Gasteiger partial charge is 0.458 e. The molecule has 2 unspecified atom stereocenters. The Kier molecular flexibility index (Phi) is 9.48. The molecule has 41 heavy (non-hydrogen) atoms. The number of carbonyl (C=O) groups is 3. The lowest BCUT2D eigenvalue weighted by molar-refractivity contribution is -0.159. The standard InChI is InChI=1S/C34H40N2O5/c1-22(2)19-30(32(38)41-34(3,4)5)35-31(37)29(20-23-13-7-6-8-14-23)36-33(39)40-21-28-26-17-11-9-15-24(26)25-16-10-12-18-27(25)28/h6-18,22,28-30H,19-21H2,1-5H3,(H,35,37)(H,36,39). The van der Waals surface area contributed by atoms with Crippen LogP contribution >= 0.6 is 0 Å². The zero-order valence-corrected chi connectivity index (χ0v) is 24.5. The summed E-state index contributed by atoms with van der Waals surface area (Å²) in [6.07, 6.45) is -0.0518. The Bertz CT molecular complexity index is 1320. The number of rotatable bonds is 10. The number of amides is 2. The quantitative estimate of drug-likeness (QED) is 0.298. The van der Waals surface area contributed by atoms with Gasteiger partial charge in [0.05, 0.1) is 0 Å². The number of esters is 1. The maximum Gasteiger partial charge on any atom is 0.407 e. The van der Waals surface area contributed by atoms with Crippen LogP contribution in [0, 0.1) is 5.92 Å². The first-order valence-electron chi connectivity index (χ1n) is 14.2. The Hall–Kier alpha value is -4.13. The molecule has 4 rings (SSSR count). The van der Waals surface area contributed by atoms with Gasteiger partial charge >= 0.3 is 12.1 Å². The molecule has 0 saturated carbocycles. The molecule has 7 heteroatoms. The van der Waals surface area contributed by atoms with Gasteiger partial charge in [0, 0.05) is 12.3 Å². The van der Waals surface area contributed by atoms with Crippen molar-refractivity contribution in [3.8, 4) is 11.1 Å². The van der Waals surface area contributed by atoms with Crippen LogP contribution in [-0.4, -0.2) is 42.3 Å². The van der Waals surface area contributed by atoms with Crippen molar-refractivity contribution < 1.29 is 23.9 Å². The minimum atomic E-state index is -0.954. The van der Waals surface area contributed by atoms with Gasteiger partial charge in [-0.05, 0) is 60.9 Å². The van der Waals surface area contributed by atoms with Crippen LogP contribution in [0.4, 0.5) is 4.79 Å². The van der Waals surface area contributed by atoms with E-state index in [9.17, 15) is 14.4 Å². The number of nitrogens with one attached hydrogen (secondary N) is 2. The third-order valence-corrected chi connectivity index (χ3v) is 6.95. The number of fused-ring (bicyclic) bond motifs is 3. The van der Waals surface area contributed by atoms with Gasteiger partial charge in [-0.2, -0.15) is 0 Å². The summed E-state index contributed by atoms with van der Waals surface area (Å²) in [5.74, 6) is -0.939. The first kappa shape index (κ1) is 29.8. The Labute approximate surface area is 242 Å². The van der Waals surface area contributed by atoms with Crippen LogP contribution in [0.15, 0.2) is 78.9 Å². The van der Waals surface area contributed by atoms with Crippen LogP contribution < -0.4 is 10.6 Å². The molecule has 0 aliphatic heterocycles. The molecule has 1 aliphatic rings. The predicted molar refractivity (Wildman–Crippen MR) is 159 cm³/mol. The number of hydrogen-bond donors (Lipinski definition) is 2. The lowest BCUT2D eigenvalue weighted by Gasteiger charge is -2.27. The fourth-order valence-electron chi connectivity index (χ4n) is 5.17. The second-order valence-corrected chi connectivity index (χ2v) is 11.9. The van der Waals surface area contributed by atoms with E-state index in [1.807, 2.05) is 68.4 Å². The van der Waals surface area contributed by atoms with Gasteiger partial charge in [-0.3, -0.25) is 4.79 Å². The first-order chi connectivity index (χ1) is 19.5. The molecule has 0 saturated heterocycles. The van der Waals surface area contributed by atoms with Gasteiger partial charge in [-0.25, -0.2) is 9.59 Å².